The first-order valence-corrected chi connectivity index (χ1v) is 8.39. The lowest BCUT2D eigenvalue weighted by molar-refractivity contribution is -0.143. The van der Waals surface area contributed by atoms with E-state index in [-0.39, 0.29) is 21.5 Å². The number of nitrogens with one attached hydrogen (secondary N) is 1. The van der Waals surface area contributed by atoms with Gasteiger partial charge in [0.1, 0.15) is 6.04 Å². The smallest absolute Gasteiger partial charge is 0.322 e. The van der Waals surface area contributed by atoms with Crippen molar-refractivity contribution in [2.24, 2.45) is 5.92 Å². The van der Waals surface area contributed by atoms with Crippen LogP contribution in [0, 0.1) is 5.92 Å². The zero-order valence-corrected chi connectivity index (χ0v) is 14.6. The molecule has 1 aliphatic carbocycles. The van der Waals surface area contributed by atoms with Crippen molar-refractivity contribution < 1.29 is 19.5 Å². The molecule has 0 unspecified atom stereocenters. The average molecular weight is 373 g/mol. The van der Waals surface area contributed by atoms with Gasteiger partial charge in [-0.3, -0.25) is 14.4 Å². The van der Waals surface area contributed by atoms with Crippen LogP contribution < -0.4 is 5.43 Å². The van der Waals surface area contributed by atoms with Crippen molar-refractivity contribution in [3.05, 3.63) is 33.8 Å². The van der Waals surface area contributed by atoms with Gasteiger partial charge in [0, 0.05) is 5.92 Å². The van der Waals surface area contributed by atoms with Crippen LogP contribution >= 0.6 is 23.2 Å². The lowest BCUT2D eigenvalue weighted by atomic mass is 10.1. The standard InChI is InChI=1S/C16H18Cl2N2O4/c1-9(16(23)24)19-20(14(21)10-5-2-3-6-10)15(22)13-11(17)7-4-8-12(13)18/h4,7-10,19H,2-3,5-6H2,1H3,(H,23,24)/t9-/m0/s1. The minimum Gasteiger partial charge on any atom is -0.480 e. The second-order valence-corrected chi connectivity index (χ2v) is 6.56. The molecule has 0 aromatic heterocycles. The monoisotopic (exact) mass is 372 g/mol. The molecular formula is C16H18Cl2N2O4. The van der Waals surface area contributed by atoms with Crippen LogP contribution in [-0.2, 0) is 9.59 Å². The van der Waals surface area contributed by atoms with Crippen molar-refractivity contribution in [3.63, 3.8) is 0 Å². The Labute approximate surface area is 149 Å². The first-order chi connectivity index (χ1) is 11.3. The molecule has 0 heterocycles. The van der Waals surface area contributed by atoms with E-state index in [1.165, 1.54) is 19.1 Å². The van der Waals surface area contributed by atoms with Gasteiger partial charge in [0.05, 0.1) is 15.6 Å². The fourth-order valence-electron chi connectivity index (χ4n) is 2.64. The molecule has 0 bridgehead atoms. The third-order valence-corrected chi connectivity index (χ3v) is 4.63. The van der Waals surface area contributed by atoms with Crippen molar-refractivity contribution in [2.45, 2.75) is 38.6 Å². The maximum absolute atomic E-state index is 12.8. The summed E-state index contributed by atoms with van der Waals surface area (Å²) < 4.78 is 0. The SMILES string of the molecule is C[C@H](NN(C(=O)c1c(Cl)cccc1Cl)C(=O)C1CCCC1)C(=O)O. The van der Waals surface area contributed by atoms with Crippen LogP contribution in [0.25, 0.3) is 0 Å². The molecule has 6 nitrogen and oxygen atoms in total. The molecule has 1 aromatic rings. The highest BCUT2D eigenvalue weighted by Crippen LogP contribution is 2.29. The highest BCUT2D eigenvalue weighted by Gasteiger charge is 2.34. The molecule has 1 saturated carbocycles. The molecule has 0 aliphatic heterocycles. The Morgan fingerprint density at radius 3 is 2.25 bits per heavy atom. The normalized spacial score (nSPS) is 16.0. The van der Waals surface area contributed by atoms with Gasteiger partial charge < -0.3 is 5.11 Å². The third kappa shape index (κ3) is 4.06. The number of carboxylic acids is 1. The zero-order valence-electron chi connectivity index (χ0n) is 13.1. The Balaban J connectivity index is 2.35. The number of amides is 2. The zero-order chi connectivity index (χ0) is 17.9. The van der Waals surface area contributed by atoms with Gasteiger partial charge in [0.15, 0.2) is 0 Å². The fourth-order valence-corrected chi connectivity index (χ4v) is 3.20. The maximum Gasteiger partial charge on any atom is 0.322 e. The number of hydrogen-bond acceptors (Lipinski definition) is 4. The van der Waals surface area contributed by atoms with Gasteiger partial charge in [0.25, 0.3) is 5.91 Å². The molecule has 1 aromatic carbocycles. The summed E-state index contributed by atoms with van der Waals surface area (Å²) in [5.41, 5.74) is 2.43. The molecule has 2 rings (SSSR count). The number of imide groups is 1. The van der Waals surface area contributed by atoms with E-state index in [9.17, 15) is 14.4 Å². The van der Waals surface area contributed by atoms with Crippen molar-refractivity contribution >= 4 is 41.0 Å². The molecule has 1 aliphatic rings. The predicted molar refractivity (Wildman–Crippen MR) is 89.8 cm³/mol. The molecule has 2 amide bonds. The highest BCUT2D eigenvalue weighted by molar-refractivity contribution is 6.40. The number of rotatable bonds is 5. The van der Waals surface area contributed by atoms with Gasteiger partial charge in [-0.1, -0.05) is 42.1 Å². The number of hydrogen-bond donors (Lipinski definition) is 2. The summed E-state index contributed by atoms with van der Waals surface area (Å²) in [5.74, 6) is -2.71. The van der Waals surface area contributed by atoms with Crippen molar-refractivity contribution in [3.8, 4) is 0 Å². The van der Waals surface area contributed by atoms with Crippen LogP contribution in [0.2, 0.25) is 10.0 Å². The van der Waals surface area contributed by atoms with Crippen LogP contribution in [0.5, 0.6) is 0 Å². The van der Waals surface area contributed by atoms with Crippen molar-refractivity contribution in [2.75, 3.05) is 0 Å². The van der Waals surface area contributed by atoms with E-state index in [0.717, 1.165) is 17.9 Å². The van der Waals surface area contributed by atoms with E-state index < -0.39 is 23.8 Å². The minimum atomic E-state index is -1.18. The summed E-state index contributed by atoms with van der Waals surface area (Å²) in [4.78, 5) is 36.6. The fraction of sp³-hybridized carbons (Fsp3) is 0.438. The van der Waals surface area contributed by atoms with Gasteiger partial charge in [-0.15, -0.1) is 0 Å². The minimum absolute atomic E-state index is 0.0303. The number of carboxylic acid groups (broad SMARTS) is 1. The van der Waals surface area contributed by atoms with Crippen LogP contribution in [0.4, 0.5) is 0 Å². The third-order valence-electron chi connectivity index (χ3n) is 4.00. The molecular weight excluding hydrogens is 355 g/mol. The van der Waals surface area contributed by atoms with Crippen LogP contribution in [-0.4, -0.2) is 33.9 Å². The Bertz CT molecular complexity index is 639. The molecule has 130 valence electrons. The number of nitrogens with zero attached hydrogens (tertiary/aromatic N) is 1. The van der Waals surface area contributed by atoms with E-state index in [0.29, 0.717) is 12.8 Å². The number of carbonyl (C=O) groups is 3. The molecule has 8 heteroatoms. The molecule has 0 radical (unpaired) electrons. The number of hydrazine groups is 1. The summed E-state index contributed by atoms with van der Waals surface area (Å²) in [6.07, 6.45) is 3.14. The first-order valence-electron chi connectivity index (χ1n) is 7.64. The summed E-state index contributed by atoms with van der Waals surface area (Å²) >= 11 is 12.1. The lowest BCUT2D eigenvalue weighted by Crippen LogP contribution is -2.54. The van der Waals surface area contributed by atoms with Gasteiger partial charge in [0.2, 0.25) is 5.91 Å². The molecule has 1 atom stereocenters. The lowest BCUT2D eigenvalue weighted by Gasteiger charge is -2.27. The molecule has 2 N–H and O–H groups in total. The summed E-state index contributed by atoms with van der Waals surface area (Å²) in [7, 11) is 0. The Morgan fingerprint density at radius 2 is 1.75 bits per heavy atom. The molecule has 0 saturated heterocycles. The van der Waals surface area contributed by atoms with Gasteiger partial charge in [-0.25, -0.2) is 10.4 Å². The van der Waals surface area contributed by atoms with E-state index in [2.05, 4.69) is 5.43 Å². The van der Waals surface area contributed by atoms with E-state index in [1.807, 2.05) is 0 Å². The Morgan fingerprint density at radius 1 is 1.21 bits per heavy atom. The van der Waals surface area contributed by atoms with Crippen molar-refractivity contribution in [1.29, 1.82) is 0 Å². The largest absolute Gasteiger partial charge is 0.480 e. The highest BCUT2D eigenvalue weighted by atomic mass is 35.5. The predicted octanol–water partition coefficient (Wildman–Crippen LogP) is 3.13. The van der Waals surface area contributed by atoms with E-state index in [4.69, 9.17) is 28.3 Å². The molecule has 24 heavy (non-hydrogen) atoms. The van der Waals surface area contributed by atoms with Crippen LogP contribution in [0.1, 0.15) is 43.0 Å². The summed E-state index contributed by atoms with van der Waals surface area (Å²) in [5, 5.41) is 10.0. The van der Waals surface area contributed by atoms with Crippen LogP contribution in [0.15, 0.2) is 18.2 Å². The second-order valence-electron chi connectivity index (χ2n) is 5.75. The second kappa shape index (κ2) is 7.96. The quantitative estimate of drug-likeness (QED) is 0.612. The average Bonchev–Trinajstić information content (AvgIpc) is 3.05. The first kappa shape index (κ1) is 18.7. The Hall–Kier alpha value is -1.63. The number of benzene rings is 1. The summed E-state index contributed by atoms with van der Waals surface area (Å²) in [6.45, 7) is 1.35. The number of halogens is 2. The van der Waals surface area contributed by atoms with Crippen LogP contribution in [0.3, 0.4) is 0 Å². The molecule has 0 spiro atoms. The Kier molecular flexibility index (Phi) is 6.21. The van der Waals surface area contributed by atoms with E-state index in [1.54, 1.807) is 6.07 Å². The van der Waals surface area contributed by atoms with Gasteiger partial charge in [-0.2, -0.15) is 0 Å². The summed E-state index contributed by atoms with van der Waals surface area (Å²) in [6, 6.07) is 3.43. The van der Waals surface area contributed by atoms with E-state index >= 15 is 0 Å². The van der Waals surface area contributed by atoms with Gasteiger partial charge >= 0.3 is 5.97 Å². The molecule has 1 fully saturated rings. The van der Waals surface area contributed by atoms with Gasteiger partial charge in [-0.05, 0) is 31.9 Å². The maximum atomic E-state index is 12.8. The number of carbonyl (C=O) groups excluding carboxylic acids is 2. The van der Waals surface area contributed by atoms with Crippen molar-refractivity contribution in [1.82, 2.24) is 10.4 Å². The number of aliphatic carboxylic acids is 1. The topological polar surface area (TPSA) is 86.7 Å².